The van der Waals surface area contributed by atoms with Crippen LogP contribution in [0.25, 0.3) is 0 Å². The molecule has 0 unspecified atom stereocenters. The Kier molecular flexibility index (Phi) is 4.26. The van der Waals surface area contributed by atoms with E-state index in [4.69, 9.17) is 4.74 Å². The zero-order valence-electron chi connectivity index (χ0n) is 13.7. The molecule has 25 heavy (non-hydrogen) atoms. The van der Waals surface area contributed by atoms with Gasteiger partial charge in [0, 0.05) is 37.0 Å². The van der Waals surface area contributed by atoms with Gasteiger partial charge in [0.2, 0.25) is 11.7 Å². The summed E-state index contributed by atoms with van der Waals surface area (Å²) in [7, 11) is 1.36. The van der Waals surface area contributed by atoms with Crippen molar-refractivity contribution in [2.24, 2.45) is 0 Å². The Morgan fingerprint density at radius 2 is 2.12 bits per heavy atom. The van der Waals surface area contributed by atoms with E-state index in [0.717, 1.165) is 17.3 Å². The number of hydrogen-bond donors (Lipinski definition) is 1. The van der Waals surface area contributed by atoms with Gasteiger partial charge in [0.25, 0.3) is 0 Å². The van der Waals surface area contributed by atoms with Gasteiger partial charge in [-0.3, -0.25) is 14.9 Å². The van der Waals surface area contributed by atoms with E-state index >= 15 is 0 Å². The highest BCUT2D eigenvalue weighted by Gasteiger charge is 2.24. The molecule has 0 atom stereocenters. The van der Waals surface area contributed by atoms with Crippen molar-refractivity contribution < 1.29 is 18.8 Å². The number of anilines is 3. The lowest BCUT2D eigenvalue weighted by Gasteiger charge is -2.15. The van der Waals surface area contributed by atoms with E-state index in [-0.39, 0.29) is 17.3 Å². The maximum absolute atomic E-state index is 14.0. The molecule has 0 saturated carbocycles. The second-order valence-corrected chi connectivity index (χ2v) is 5.65. The molecule has 0 aliphatic carbocycles. The molecule has 1 aliphatic heterocycles. The van der Waals surface area contributed by atoms with E-state index in [0.29, 0.717) is 18.7 Å². The quantitative estimate of drug-likeness (QED) is 0.678. The standard InChI is InChI=1S/C17H16FN3O4/c1-10(22)20-6-5-11-7-12(3-4-16(11)20)19-15-9-13(25-2)8-14(18)17(15)21(23)24/h3-4,7-9,19H,5-6H2,1-2H3. The van der Waals surface area contributed by atoms with Crippen molar-refractivity contribution in [1.29, 1.82) is 0 Å². The Labute approximate surface area is 143 Å². The molecule has 1 heterocycles. The molecular weight excluding hydrogens is 329 g/mol. The normalized spacial score (nSPS) is 12.7. The number of carbonyl (C=O) groups is 1. The largest absolute Gasteiger partial charge is 0.497 e. The van der Waals surface area contributed by atoms with E-state index in [1.54, 1.807) is 23.1 Å². The number of nitrogens with zero attached hydrogens (tertiary/aromatic N) is 2. The first-order valence-corrected chi connectivity index (χ1v) is 7.60. The van der Waals surface area contributed by atoms with Crippen molar-refractivity contribution >= 4 is 28.7 Å². The third kappa shape index (κ3) is 3.10. The van der Waals surface area contributed by atoms with Crippen molar-refractivity contribution in [3.63, 3.8) is 0 Å². The molecule has 1 amide bonds. The molecular formula is C17H16FN3O4. The number of amides is 1. The van der Waals surface area contributed by atoms with Crippen LogP contribution < -0.4 is 15.0 Å². The minimum atomic E-state index is -0.976. The van der Waals surface area contributed by atoms with Crippen molar-refractivity contribution in [3.05, 3.63) is 51.8 Å². The van der Waals surface area contributed by atoms with Gasteiger partial charge in [0.15, 0.2) is 0 Å². The lowest BCUT2D eigenvalue weighted by molar-refractivity contribution is -0.386. The lowest BCUT2D eigenvalue weighted by atomic mass is 10.1. The van der Waals surface area contributed by atoms with Gasteiger partial charge in [-0.2, -0.15) is 4.39 Å². The number of nitro groups is 1. The number of halogens is 1. The van der Waals surface area contributed by atoms with E-state index < -0.39 is 16.4 Å². The average molecular weight is 345 g/mol. The number of ether oxygens (including phenoxy) is 1. The van der Waals surface area contributed by atoms with Crippen LogP contribution in [0.3, 0.4) is 0 Å². The summed E-state index contributed by atoms with van der Waals surface area (Å²) in [6, 6.07) is 7.61. The molecule has 7 nitrogen and oxygen atoms in total. The van der Waals surface area contributed by atoms with E-state index in [1.165, 1.54) is 20.1 Å². The number of methoxy groups -OCH3 is 1. The molecule has 2 aromatic carbocycles. The number of rotatable bonds is 4. The van der Waals surface area contributed by atoms with Crippen molar-refractivity contribution in [2.75, 3.05) is 23.9 Å². The van der Waals surface area contributed by atoms with Crippen LogP contribution in [0.1, 0.15) is 12.5 Å². The fourth-order valence-corrected chi connectivity index (χ4v) is 2.93. The summed E-state index contributed by atoms with van der Waals surface area (Å²) in [5.74, 6) is -0.838. The molecule has 130 valence electrons. The first-order chi connectivity index (χ1) is 11.9. The molecule has 1 aliphatic rings. The summed E-state index contributed by atoms with van der Waals surface area (Å²) in [6.45, 7) is 2.10. The number of nitrogens with one attached hydrogen (secondary N) is 1. The van der Waals surface area contributed by atoms with Crippen LogP contribution in [0.2, 0.25) is 0 Å². The highest BCUT2D eigenvalue weighted by atomic mass is 19.1. The first-order valence-electron chi connectivity index (χ1n) is 7.60. The Morgan fingerprint density at radius 3 is 2.76 bits per heavy atom. The summed E-state index contributed by atoms with van der Waals surface area (Å²) in [5.41, 5.74) is 1.70. The van der Waals surface area contributed by atoms with Crippen LogP contribution in [-0.4, -0.2) is 24.5 Å². The number of fused-ring (bicyclic) bond motifs is 1. The Hall–Kier alpha value is -3.16. The average Bonchev–Trinajstić information content (AvgIpc) is 2.97. The van der Waals surface area contributed by atoms with Crippen molar-refractivity contribution in [3.8, 4) is 5.75 Å². The summed E-state index contributed by atoms with van der Waals surface area (Å²) < 4.78 is 19.0. The van der Waals surface area contributed by atoms with E-state index in [1.807, 2.05) is 0 Å². The third-order valence-electron chi connectivity index (χ3n) is 4.09. The minimum absolute atomic E-state index is 0.00298. The zero-order chi connectivity index (χ0) is 18.1. The van der Waals surface area contributed by atoms with Gasteiger partial charge in [0.1, 0.15) is 11.4 Å². The number of benzene rings is 2. The minimum Gasteiger partial charge on any atom is -0.497 e. The topological polar surface area (TPSA) is 84.7 Å². The van der Waals surface area contributed by atoms with Crippen LogP contribution >= 0.6 is 0 Å². The maximum atomic E-state index is 14.0. The second kappa shape index (κ2) is 6.39. The van der Waals surface area contributed by atoms with Gasteiger partial charge in [-0.25, -0.2) is 0 Å². The molecule has 0 saturated heterocycles. The number of carbonyl (C=O) groups excluding carboxylic acids is 1. The van der Waals surface area contributed by atoms with Crippen molar-refractivity contribution in [1.82, 2.24) is 0 Å². The van der Waals surface area contributed by atoms with E-state index in [2.05, 4.69) is 5.32 Å². The number of hydrogen-bond acceptors (Lipinski definition) is 5. The highest BCUT2D eigenvalue weighted by molar-refractivity contribution is 5.94. The monoisotopic (exact) mass is 345 g/mol. The zero-order valence-corrected chi connectivity index (χ0v) is 13.7. The molecule has 2 aromatic rings. The maximum Gasteiger partial charge on any atom is 0.328 e. The van der Waals surface area contributed by atoms with Gasteiger partial charge in [-0.05, 0) is 30.2 Å². The fourth-order valence-electron chi connectivity index (χ4n) is 2.93. The summed E-state index contributed by atoms with van der Waals surface area (Å²) in [4.78, 5) is 23.7. The smallest absolute Gasteiger partial charge is 0.328 e. The molecule has 0 bridgehead atoms. The van der Waals surface area contributed by atoms with Crippen LogP contribution in [0.15, 0.2) is 30.3 Å². The lowest BCUT2D eigenvalue weighted by Crippen LogP contribution is -2.25. The van der Waals surface area contributed by atoms with Crippen LogP contribution in [-0.2, 0) is 11.2 Å². The first kappa shape index (κ1) is 16.7. The van der Waals surface area contributed by atoms with Crippen LogP contribution in [0.5, 0.6) is 5.75 Å². The van der Waals surface area contributed by atoms with Gasteiger partial charge < -0.3 is 15.0 Å². The molecule has 0 spiro atoms. The van der Waals surface area contributed by atoms with Gasteiger partial charge >= 0.3 is 5.69 Å². The fraction of sp³-hybridized carbons (Fsp3) is 0.235. The SMILES string of the molecule is COc1cc(F)c([N+](=O)[O-])c(Nc2ccc3c(c2)CCN3C(C)=O)c1. The Balaban J connectivity index is 1.97. The second-order valence-electron chi connectivity index (χ2n) is 5.65. The predicted molar refractivity (Wildman–Crippen MR) is 91.1 cm³/mol. The van der Waals surface area contributed by atoms with Gasteiger partial charge in [0.05, 0.1) is 12.0 Å². The Morgan fingerprint density at radius 1 is 1.36 bits per heavy atom. The molecule has 8 heteroatoms. The van der Waals surface area contributed by atoms with Crippen LogP contribution in [0.4, 0.5) is 27.1 Å². The molecule has 0 aromatic heterocycles. The number of nitro benzene ring substituents is 1. The van der Waals surface area contributed by atoms with Crippen molar-refractivity contribution in [2.45, 2.75) is 13.3 Å². The summed E-state index contributed by atoms with van der Waals surface area (Å²) in [6.07, 6.45) is 0.693. The highest BCUT2D eigenvalue weighted by Crippen LogP contribution is 2.36. The van der Waals surface area contributed by atoms with E-state index in [9.17, 15) is 19.3 Å². The molecule has 0 radical (unpaired) electrons. The summed E-state index contributed by atoms with van der Waals surface area (Å²) in [5, 5.41) is 14.1. The Bertz CT molecular complexity index is 869. The molecule has 0 fully saturated rings. The van der Waals surface area contributed by atoms with Crippen LogP contribution in [0, 0.1) is 15.9 Å². The molecule has 1 N–H and O–H groups in total. The predicted octanol–water partition coefficient (Wildman–Crippen LogP) is 3.40. The molecule has 3 rings (SSSR count). The third-order valence-corrected chi connectivity index (χ3v) is 4.09. The van der Waals surface area contributed by atoms with Gasteiger partial charge in [-0.15, -0.1) is 0 Å². The van der Waals surface area contributed by atoms with Gasteiger partial charge in [-0.1, -0.05) is 0 Å². The summed E-state index contributed by atoms with van der Waals surface area (Å²) >= 11 is 0.